The van der Waals surface area contributed by atoms with Gasteiger partial charge in [0.05, 0.1) is 6.04 Å². The van der Waals surface area contributed by atoms with E-state index in [9.17, 15) is 33.9 Å². The summed E-state index contributed by atoms with van der Waals surface area (Å²) < 4.78 is 0. The summed E-state index contributed by atoms with van der Waals surface area (Å²) in [6.07, 6.45) is 0.938. The highest BCUT2D eigenvalue weighted by Crippen LogP contribution is 2.11. The van der Waals surface area contributed by atoms with E-state index in [1.807, 2.05) is 6.26 Å². The molecule has 200 valence electrons. The number of carbonyl (C=O) groups excluding carboxylic acids is 3. The first-order valence-electron chi connectivity index (χ1n) is 11.2. The minimum absolute atomic E-state index is 0.355. The van der Waals surface area contributed by atoms with Crippen LogP contribution < -0.4 is 21.7 Å². The smallest absolute Gasteiger partial charge is 0.326 e. The van der Waals surface area contributed by atoms with Crippen molar-refractivity contribution in [2.45, 2.75) is 76.5 Å². The van der Waals surface area contributed by atoms with Crippen molar-refractivity contribution >= 4 is 47.4 Å². The summed E-state index contributed by atoms with van der Waals surface area (Å²) in [4.78, 5) is 71.4. The Morgan fingerprint density at radius 2 is 1.31 bits per heavy atom. The molecule has 0 aromatic heterocycles. The fourth-order valence-electron chi connectivity index (χ4n) is 2.93. The van der Waals surface area contributed by atoms with Crippen LogP contribution in [0.3, 0.4) is 0 Å². The van der Waals surface area contributed by atoms with Crippen molar-refractivity contribution in [3.63, 3.8) is 0 Å². The quantitative estimate of drug-likeness (QED) is 0.120. The van der Waals surface area contributed by atoms with Crippen LogP contribution in [0.5, 0.6) is 0 Å². The lowest BCUT2D eigenvalue weighted by Crippen LogP contribution is -2.58. The molecule has 0 aliphatic carbocycles. The largest absolute Gasteiger partial charge is 0.481 e. The summed E-state index contributed by atoms with van der Waals surface area (Å²) in [5.41, 5.74) is 5.87. The molecule has 0 bridgehead atoms. The molecule has 0 rings (SSSR count). The normalized spacial score (nSPS) is 15.1. The molecule has 0 saturated heterocycles. The molecule has 0 radical (unpaired) electrons. The molecule has 35 heavy (non-hydrogen) atoms. The summed E-state index contributed by atoms with van der Waals surface area (Å²) in [7, 11) is 0. The van der Waals surface area contributed by atoms with Gasteiger partial charge in [0.1, 0.15) is 18.1 Å². The first kappa shape index (κ1) is 32.1. The maximum absolute atomic E-state index is 13.0. The van der Waals surface area contributed by atoms with Crippen molar-refractivity contribution in [3.8, 4) is 0 Å². The highest BCUT2D eigenvalue weighted by Gasteiger charge is 2.32. The third-order valence-corrected chi connectivity index (χ3v) is 5.95. The van der Waals surface area contributed by atoms with Gasteiger partial charge in [-0.3, -0.25) is 24.0 Å². The summed E-state index contributed by atoms with van der Waals surface area (Å²) in [5.74, 6) is -6.00. The Hall–Kier alpha value is -2.87. The lowest BCUT2D eigenvalue weighted by molar-refractivity contribution is -0.144. The minimum atomic E-state index is -1.55. The molecular formula is C21H36N4O9S. The first-order valence-corrected chi connectivity index (χ1v) is 12.5. The third-order valence-electron chi connectivity index (χ3n) is 5.30. The Kier molecular flexibility index (Phi) is 15.3. The van der Waals surface area contributed by atoms with Gasteiger partial charge in [-0.2, -0.15) is 11.8 Å². The van der Waals surface area contributed by atoms with Crippen LogP contribution in [-0.2, 0) is 28.8 Å². The van der Waals surface area contributed by atoms with E-state index in [1.54, 1.807) is 13.8 Å². The number of nitrogens with two attached hydrogens (primary N) is 1. The van der Waals surface area contributed by atoms with Crippen molar-refractivity contribution in [2.24, 2.45) is 11.7 Å². The molecule has 0 aliphatic rings. The van der Waals surface area contributed by atoms with Gasteiger partial charge in [-0.15, -0.1) is 0 Å². The van der Waals surface area contributed by atoms with E-state index >= 15 is 0 Å². The van der Waals surface area contributed by atoms with Gasteiger partial charge >= 0.3 is 17.9 Å². The van der Waals surface area contributed by atoms with E-state index in [4.69, 9.17) is 15.9 Å². The maximum Gasteiger partial charge on any atom is 0.326 e. The zero-order valence-corrected chi connectivity index (χ0v) is 20.9. The third kappa shape index (κ3) is 13.0. The summed E-state index contributed by atoms with van der Waals surface area (Å²) in [6, 6.07) is -4.91. The minimum Gasteiger partial charge on any atom is -0.481 e. The lowest BCUT2D eigenvalue weighted by atomic mass is 9.97. The number of nitrogens with one attached hydrogen (secondary N) is 3. The Labute approximate surface area is 208 Å². The van der Waals surface area contributed by atoms with Gasteiger partial charge < -0.3 is 37.0 Å². The summed E-state index contributed by atoms with van der Waals surface area (Å²) >= 11 is 1.51. The molecule has 5 atom stereocenters. The van der Waals surface area contributed by atoms with E-state index in [1.165, 1.54) is 11.8 Å². The molecule has 0 aromatic rings. The molecule has 14 heteroatoms. The van der Waals surface area contributed by atoms with Gasteiger partial charge in [-0.1, -0.05) is 20.3 Å². The van der Waals surface area contributed by atoms with Crippen LogP contribution in [0.1, 0.15) is 52.4 Å². The molecule has 3 amide bonds. The second-order valence-electron chi connectivity index (χ2n) is 8.09. The van der Waals surface area contributed by atoms with Crippen LogP contribution in [0.2, 0.25) is 0 Å². The molecule has 0 spiro atoms. The average molecular weight is 521 g/mol. The van der Waals surface area contributed by atoms with E-state index in [0.29, 0.717) is 18.6 Å². The summed E-state index contributed by atoms with van der Waals surface area (Å²) in [6.45, 7) is 3.50. The predicted octanol–water partition coefficient (Wildman–Crippen LogP) is -0.618. The Morgan fingerprint density at radius 3 is 1.77 bits per heavy atom. The van der Waals surface area contributed by atoms with Crippen LogP contribution in [0.25, 0.3) is 0 Å². The zero-order chi connectivity index (χ0) is 27.1. The topological polar surface area (TPSA) is 225 Å². The molecule has 0 aromatic carbocycles. The molecule has 0 heterocycles. The number of aliphatic carboxylic acids is 3. The fourth-order valence-corrected chi connectivity index (χ4v) is 3.42. The number of amides is 3. The Balaban J connectivity index is 5.59. The fraction of sp³-hybridized carbons (Fsp3) is 0.714. The highest BCUT2D eigenvalue weighted by molar-refractivity contribution is 7.98. The number of carboxylic acids is 3. The van der Waals surface area contributed by atoms with Crippen LogP contribution >= 0.6 is 11.8 Å². The standard InChI is InChI=1S/C21H36N4O9S/c1-4-11(2)17(25-18(30)12(22)9-10-35-3)20(32)23-13(5-7-15(26)27)19(31)24-14(21(33)34)6-8-16(28)29/h11-14,17H,4-10,22H2,1-3H3,(H,23,32)(H,24,31)(H,25,30)(H,26,27)(H,28,29)(H,33,34). The van der Waals surface area contributed by atoms with Crippen molar-refractivity contribution in [3.05, 3.63) is 0 Å². The first-order chi connectivity index (χ1) is 16.3. The SMILES string of the molecule is CCC(C)C(NC(=O)C(N)CCSC)C(=O)NC(CCC(=O)O)C(=O)NC(CCC(=O)O)C(=O)O. The molecule has 13 nitrogen and oxygen atoms in total. The van der Waals surface area contributed by atoms with Crippen molar-refractivity contribution < 1.29 is 44.1 Å². The number of hydrogen-bond donors (Lipinski definition) is 7. The number of carboxylic acid groups (broad SMARTS) is 3. The van der Waals surface area contributed by atoms with Crippen molar-refractivity contribution in [2.75, 3.05) is 12.0 Å². The second kappa shape index (κ2) is 16.7. The van der Waals surface area contributed by atoms with E-state index in [2.05, 4.69) is 16.0 Å². The van der Waals surface area contributed by atoms with Crippen molar-refractivity contribution in [1.82, 2.24) is 16.0 Å². The lowest BCUT2D eigenvalue weighted by Gasteiger charge is -2.28. The summed E-state index contributed by atoms with van der Waals surface area (Å²) in [5, 5.41) is 34.2. The zero-order valence-electron chi connectivity index (χ0n) is 20.1. The van der Waals surface area contributed by atoms with Crippen LogP contribution in [0.15, 0.2) is 0 Å². The van der Waals surface area contributed by atoms with E-state index in [0.717, 1.165) is 0 Å². The van der Waals surface area contributed by atoms with Gasteiger partial charge in [0.25, 0.3) is 0 Å². The maximum atomic E-state index is 13.0. The number of hydrogen-bond acceptors (Lipinski definition) is 8. The number of thioether (sulfide) groups is 1. The molecule has 0 fully saturated rings. The number of carbonyl (C=O) groups is 6. The van der Waals surface area contributed by atoms with Crippen LogP contribution in [-0.4, -0.2) is 87.1 Å². The predicted molar refractivity (Wildman–Crippen MR) is 128 cm³/mol. The molecular weight excluding hydrogens is 484 g/mol. The Morgan fingerprint density at radius 1 is 0.800 bits per heavy atom. The van der Waals surface area contributed by atoms with Gasteiger partial charge in [-0.05, 0) is 37.2 Å². The molecule has 8 N–H and O–H groups in total. The van der Waals surface area contributed by atoms with E-state index < -0.39 is 79.1 Å². The van der Waals surface area contributed by atoms with E-state index in [-0.39, 0.29) is 12.3 Å². The monoisotopic (exact) mass is 520 g/mol. The van der Waals surface area contributed by atoms with Crippen LogP contribution in [0.4, 0.5) is 0 Å². The van der Waals surface area contributed by atoms with Gasteiger partial charge in [0, 0.05) is 12.8 Å². The average Bonchev–Trinajstić information content (AvgIpc) is 2.79. The molecule has 5 unspecified atom stereocenters. The van der Waals surface area contributed by atoms with Gasteiger partial charge in [-0.25, -0.2) is 4.79 Å². The van der Waals surface area contributed by atoms with Crippen molar-refractivity contribution in [1.29, 1.82) is 0 Å². The Bertz CT molecular complexity index is 765. The molecule has 0 saturated carbocycles. The highest BCUT2D eigenvalue weighted by atomic mass is 32.2. The molecule has 0 aliphatic heterocycles. The van der Waals surface area contributed by atoms with Gasteiger partial charge in [0.2, 0.25) is 17.7 Å². The van der Waals surface area contributed by atoms with Crippen LogP contribution in [0, 0.1) is 5.92 Å². The second-order valence-corrected chi connectivity index (χ2v) is 9.07. The van der Waals surface area contributed by atoms with Gasteiger partial charge in [0.15, 0.2) is 0 Å². The number of rotatable bonds is 18.